The van der Waals surface area contributed by atoms with Gasteiger partial charge >= 0.3 is 12.5 Å². The Morgan fingerprint density at radius 2 is 1.64 bits per heavy atom. The zero-order chi connectivity index (χ0) is 31.3. The van der Waals surface area contributed by atoms with Gasteiger partial charge in [-0.3, -0.25) is 9.59 Å². The Morgan fingerprint density at radius 1 is 0.976 bits per heavy atom. The van der Waals surface area contributed by atoms with E-state index >= 15 is 4.39 Å². The van der Waals surface area contributed by atoms with Gasteiger partial charge in [0.1, 0.15) is 17.4 Å². The number of ketones is 1. The standard InChI is InChI=1S/C30H29F6NO4S/c1-28(2,3)42(40)37-29(17-19-7-5-4-6-8-19,21-10-12-26(32)20(13-21)9-11-24(39)18-38)22-14-23(31)16-25(15-22)41-30(35,36)27(33)34/h4-8,10,12-16,18,27,37H,9,11,17H2,1-3H3/t29-,42-/m1/s1. The number of hydrogen-bond acceptors (Lipinski definition) is 4. The Kier molecular flexibility index (Phi) is 10.4. The van der Waals surface area contributed by atoms with Gasteiger partial charge in [-0.1, -0.05) is 42.5 Å². The van der Waals surface area contributed by atoms with Crippen molar-refractivity contribution in [1.82, 2.24) is 4.72 Å². The van der Waals surface area contributed by atoms with Crippen LogP contribution in [0.15, 0.2) is 66.7 Å². The summed E-state index contributed by atoms with van der Waals surface area (Å²) in [4.78, 5) is 22.4. The third-order valence-electron chi connectivity index (χ3n) is 6.32. The number of nitrogens with one attached hydrogen (secondary N) is 1. The van der Waals surface area contributed by atoms with Gasteiger partial charge in [-0.25, -0.2) is 17.7 Å². The molecule has 0 unspecified atom stereocenters. The van der Waals surface area contributed by atoms with Crippen LogP contribution in [0.25, 0.3) is 0 Å². The molecule has 0 spiro atoms. The molecule has 0 saturated heterocycles. The van der Waals surface area contributed by atoms with E-state index in [9.17, 15) is 35.8 Å². The fourth-order valence-corrected chi connectivity index (χ4v) is 5.09. The minimum Gasteiger partial charge on any atom is -0.428 e. The van der Waals surface area contributed by atoms with Crippen LogP contribution in [0.2, 0.25) is 0 Å². The van der Waals surface area contributed by atoms with Crippen LogP contribution in [0.4, 0.5) is 26.3 Å². The molecule has 0 fully saturated rings. The molecule has 0 aromatic heterocycles. The van der Waals surface area contributed by atoms with Gasteiger partial charge in [0.05, 0.1) is 21.3 Å². The third-order valence-corrected chi connectivity index (χ3v) is 7.96. The first-order chi connectivity index (χ1) is 19.6. The molecule has 3 rings (SSSR count). The molecule has 0 aliphatic rings. The lowest BCUT2D eigenvalue weighted by atomic mass is 9.78. The predicted octanol–water partition coefficient (Wildman–Crippen LogP) is 6.44. The van der Waals surface area contributed by atoms with Crippen molar-refractivity contribution in [2.45, 2.75) is 62.9 Å². The lowest BCUT2D eigenvalue weighted by Crippen LogP contribution is -2.50. The minimum absolute atomic E-state index is 0.000544. The quantitative estimate of drug-likeness (QED) is 0.137. The third kappa shape index (κ3) is 8.07. The van der Waals surface area contributed by atoms with Crippen LogP contribution in [0.5, 0.6) is 5.75 Å². The van der Waals surface area contributed by atoms with Gasteiger partial charge in [0.25, 0.3) is 0 Å². The molecule has 2 atom stereocenters. The molecule has 226 valence electrons. The summed E-state index contributed by atoms with van der Waals surface area (Å²) < 4.78 is 103. The summed E-state index contributed by atoms with van der Waals surface area (Å²) in [6.45, 7) is 4.94. The second-order valence-electron chi connectivity index (χ2n) is 10.6. The smallest absolute Gasteiger partial charge is 0.428 e. The van der Waals surface area contributed by atoms with Crippen molar-refractivity contribution in [2.24, 2.45) is 0 Å². The highest BCUT2D eigenvalue weighted by Gasteiger charge is 2.45. The van der Waals surface area contributed by atoms with Crippen LogP contribution < -0.4 is 9.46 Å². The van der Waals surface area contributed by atoms with Crippen molar-refractivity contribution in [3.8, 4) is 5.75 Å². The maximum absolute atomic E-state index is 15.0. The number of carbonyl (C=O) groups excluding carboxylic acids is 2. The Balaban J connectivity index is 2.34. The molecule has 0 aliphatic carbocycles. The van der Waals surface area contributed by atoms with E-state index in [0.717, 1.165) is 18.2 Å². The number of halogens is 6. The van der Waals surface area contributed by atoms with Crippen molar-refractivity contribution in [3.05, 3.63) is 101 Å². The average molecular weight is 614 g/mol. The van der Waals surface area contributed by atoms with Gasteiger partial charge in [-0.15, -0.1) is 0 Å². The molecule has 1 N–H and O–H groups in total. The molecule has 12 heteroatoms. The SMILES string of the molecule is CC(C)(C)[S@@](=O)N[C@@](Cc1ccccc1)(c1cc(F)cc(OC(F)(F)C(F)F)c1)c1ccc(F)c(CCC(=O)C=O)c1. The van der Waals surface area contributed by atoms with E-state index in [1.807, 2.05) is 0 Å². The second kappa shape index (κ2) is 13.2. The highest BCUT2D eigenvalue weighted by Crippen LogP contribution is 2.39. The van der Waals surface area contributed by atoms with E-state index in [1.165, 1.54) is 12.1 Å². The normalized spacial score (nSPS) is 14.3. The molecule has 3 aromatic rings. The van der Waals surface area contributed by atoms with Gasteiger partial charge in [-0.05, 0) is 74.1 Å². The minimum atomic E-state index is -4.94. The highest BCUT2D eigenvalue weighted by atomic mass is 32.2. The first-order valence-corrected chi connectivity index (χ1v) is 13.9. The lowest BCUT2D eigenvalue weighted by Gasteiger charge is -2.38. The van der Waals surface area contributed by atoms with Gasteiger partial charge in [0.2, 0.25) is 0 Å². The molecule has 0 aliphatic heterocycles. The van der Waals surface area contributed by atoms with E-state index in [2.05, 4.69) is 9.46 Å². The number of carbonyl (C=O) groups is 2. The number of hydrogen-bond donors (Lipinski definition) is 1. The van der Waals surface area contributed by atoms with Crippen molar-refractivity contribution >= 4 is 23.1 Å². The van der Waals surface area contributed by atoms with Crippen LogP contribution in [0.3, 0.4) is 0 Å². The number of Topliss-reactive ketones (excluding diaryl/α,β-unsaturated/α-hetero) is 1. The molecule has 0 radical (unpaired) electrons. The summed E-state index contributed by atoms with van der Waals surface area (Å²) in [6.07, 6.45) is -9.63. The van der Waals surface area contributed by atoms with E-state index in [1.54, 1.807) is 51.1 Å². The fourth-order valence-electron chi connectivity index (χ4n) is 4.16. The highest BCUT2D eigenvalue weighted by molar-refractivity contribution is 7.84. The first kappa shape index (κ1) is 33.0. The Morgan fingerprint density at radius 3 is 2.24 bits per heavy atom. The molecule has 0 amide bonds. The molecular weight excluding hydrogens is 584 g/mol. The summed E-state index contributed by atoms with van der Waals surface area (Å²) in [7, 11) is -1.92. The van der Waals surface area contributed by atoms with E-state index in [4.69, 9.17) is 0 Å². The maximum Gasteiger partial charge on any atom is 0.461 e. The van der Waals surface area contributed by atoms with E-state index in [-0.39, 0.29) is 42.2 Å². The second-order valence-corrected chi connectivity index (χ2v) is 12.5. The van der Waals surface area contributed by atoms with Crippen molar-refractivity contribution < 1.29 is 44.9 Å². The van der Waals surface area contributed by atoms with Gasteiger partial charge < -0.3 is 4.74 Å². The number of aryl methyl sites for hydroxylation is 1. The summed E-state index contributed by atoms with van der Waals surface area (Å²) in [5.74, 6) is -3.53. The molecule has 3 aromatic carbocycles. The van der Waals surface area contributed by atoms with Gasteiger partial charge in [-0.2, -0.15) is 17.6 Å². The largest absolute Gasteiger partial charge is 0.461 e. The van der Waals surface area contributed by atoms with Crippen molar-refractivity contribution in [1.29, 1.82) is 0 Å². The van der Waals surface area contributed by atoms with Crippen LogP contribution in [0, 0.1) is 11.6 Å². The van der Waals surface area contributed by atoms with Crippen molar-refractivity contribution in [2.75, 3.05) is 0 Å². The van der Waals surface area contributed by atoms with Gasteiger partial charge in [0.15, 0.2) is 12.1 Å². The number of ether oxygens (including phenoxy) is 1. The molecule has 42 heavy (non-hydrogen) atoms. The zero-order valence-corrected chi connectivity index (χ0v) is 23.8. The predicted molar refractivity (Wildman–Crippen MR) is 146 cm³/mol. The molecule has 0 saturated carbocycles. The Labute approximate surface area is 241 Å². The monoisotopic (exact) mass is 613 g/mol. The number of rotatable bonds is 13. The molecular formula is C30H29F6NO4S. The van der Waals surface area contributed by atoms with E-state index in [0.29, 0.717) is 11.6 Å². The summed E-state index contributed by atoms with van der Waals surface area (Å²) in [5.41, 5.74) is -1.08. The Bertz CT molecular complexity index is 1450. The lowest BCUT2D eigenvalue weighted by molar-refractivity contribution is -0.253. The zero-order valence-electron chi connectivity index (χ0n) is 22.9. The van der Waals surface area contributed by atoms with Gasteiger partial charge in [0, 0.05) is 12.5 Å². The topological polar surface area (TPSA) is 72.5 Å². The summed E-state index contributed by atoms with van der Waals surface area (Å²) in [6, 6.07) is 14.6. The molecule has 0 heterocycles. The first-order valence-electron chi connectivity index (χ1n) is 12.7. The van der Waals surface area contributed by atoms with Crippen LogP contribution in [-0.2, 0) is 39.0 Å². The number of benzene rings is 3. The Hall–Kier alpha value is -3.51. The van der Waals surface area contributed by atoms with Crippen LogP contribution >= 0.6 is 0 Å². The summed E-state index contributed by atoms with van der Waals surface area (Å²) >= 11 is 0. The maximum atomic E-state index is 15.0. The number of alkyl halides is 4. The molecule has 0 bridgehead atoms. The number of aldehydes is 1. The van der Waals surface area contributed by atoms with Crippen LogP contribution in [-0.4, -0.2) is 33.6 Å². The van der Waals surface area contributed by atoms with E-state index < -0.39 is 57.0 Å². The fraction of sp³-hybridized carbons (Fsp3) is 0.333. The summed E-state index contributed by atoms with van der Waals surface area (Å²) in [5, 5.41) is 0. The molecule has 5 nitrogen and oxygen atoms in total. The average Bonchev–Trinajstić information content (AvgIpc) is 2.91. The van der Waals surface area contributed by atoms with Crippen molar-refractivity contribution in [3.63, 3.8) is 0 Å². The van der Waals surface area contributed by atoms with Crippen LogP contribution in [0.1, 0.15) is 49.4 Å².